The highest BCUT2D eigenvalue weighted by Gasteiger charge is 2.47. The third-order valence-corrected chi connectivity index (χ3v) is 16.2. The molecule has 0 radical (unpaired) electrons. The Hall–Kier alpha value is -2.24. The quantitative estimate of drug-likeness (QED) is 0.0139. The van der Waals surface area contributed by atoms with Gasteiger partial charge in [0.2, 0.25) is 0 Å². The molecule has 78 heavy (non-hydrogen) atoms. The highest BCUT2D eigenvalue weighted by molar-refractivity contribution is 6.64. The van der Waals surface area contributed by atoms with Crippen molar-refractivity contribution in [1.82, 2.24) is 19.9 Å². The van der Waals surface area contributed by atoms with Crippen molar-refractivity contribution >= 4 is 8.56 Å². The SMILES string of the molecule is CCCCC/C=C\C/C=C\CCCCCCCCOC(CCCCCCC/C=C\C/C=C\CCCCC)O[Si](C)(C)OCCCCCCN(C)Cc1cn(CC2OC(OCC3OC(O)C(O)C(O)C3O)C(O)C(O)C2O)nn1. The van der Waals surface area contributed by atoms with E-state index in [0.29, 0.717) is 18.8 Å². The van der Waals surface area contributed by atoms with E-state index in [-0.39, 0.29) is 12.8 Å². The minimum absolute atomic E-state index is 0.0122. The molecular weight excluding hydrogens is 1010 g/mol. The fourth-order valence-electron chi connectivity index (χ4n) is 9.61. The van der Waals surface area contributed by atoms with E-state index in [4.69, 9.17) is 27.8 Å². The third kappa shape index (κ3) is 31.3. The molecule has 17 nitrogen and oxygen atoms in total. The van der Waals surface area contributed by atoms with Gasteiger partial charge in [-0.05, 0) is 123 Å². The minimum atomic E-state index is -2.42. The van der Waals surface area contributed by atoms with Crippen molar-refractivity contribution in [3.8, 4) is 0 Å². The Bertz CT molecular complexity index is 1720. The molecular formula is C60H110N4O13Si. The van der Waals surface area contributed by atoms with Gasteiger partial charge in [0, 0.05) is 26.0 Å². The van der Waals surface area contributed by atoms with E-state index in [9.17, 15) is 35.7 Å². The summed E-state index contributed by atoms with van der Waals surface area (Å²) in [5.74, 6) is 0. The van der Waals surface area contributed by atoms with Crippen LogP contribution in [0.25, 0.3) is 0 Å². The number of hydrogen-bond acceptors (Lipinski definition) is 16. The van der Waals surface area contributed by atoms with E-state index >= 15 is 0 Å². The molecule has 2 aliphatic rings. The largest absolute Gasteiger partial charge is 0.394 e. The van der Waals surface area contributed by atoms with Crippen molar-refractivity contribution in [2.75, 3.05) is 33.4 Å². The fourth-order valence-corrected chi connectivity index (χ4v) is 11.1. The summed E-state index contributed by atoms with van der Waals surface area (Å²) >= 11 is 0. The van der Waals surface area contributed by atoms with E-state index in [0.717, 1.165) is 77.4 Å². The number of rotatable bonds is 47. The first-order valence-electron chi connectivity index (χ1n) is 30.6. The topological polar surface area (TPSA) is 231 Å². The van der Waals surface area contributed by atoms with Gasteiger partial charge in [0.25, 0.3) is 0 Å². The van der Waals surface area contributed by atoms with Crippen molar-refractivity contribution in [2.24, 2.45) is 0 Å². The lowest BCUT2D eigenvalue weighted by Gasteiger charge is -2.42. The molecule has 1 aromatic rings. The van der Waals surface area contributed by atoms with Crippen LogP contribution in [0, 0.1) is 0 Å². The van der Waals surface area contributed by atoms with Crippen LogP contribution in [0.4, 0.5) is 0 Å². The lowest BCUT2D eigenvalue weighted by atomic mass is 9.98. The Morgan fingerprint density at radius 1 is 0.590 bits per heavy atom. The highest BCUT2D eigenvalue weighted by Crippen LogP contribution is 2.26. The van der Waals surface area contributed by atoms with Gasteiger partial charge in [0.15, 0.2) is 12.6 Å². The average molecular weight is 1120 g/mol. The molecule has 0 saturated carbocycles. The number of ether oxygens (including phenoxy) is 4. The normalized spacial score (nSPS) is 24.8. The molecule has 2 fully saturated rings. The number of unbranched alkanes of at least 4 members (excludes halogenated alkanes) is 20. The highest BCUT2D eigenvalue weighted by atomic mass is 28.4. The van der Waals surface area contributed by atoms with Gasteiger partial charge >= 0.3 is 8.56 Å². The van der Waals surface area contributed by atoms with Crippen LogP contribution in [0.2, 0.25) is 13.1 Å². The van der Waals surface area contributed by atoms with Crippen molar-refractivity contribution < 1.29 is 63.5 Å². The average Bonchev–Trinajstić information content (AvgIpc) is 3.88. The molecule has 0 aromatic carbocycles. The van der Waals surface area contributed by atoms with Crippen LogP contribution in [-0.2, 0) is 40.9 Å². The molecule has 7 N–H and O–H groups in total. The van der Waals surface area contributed by atoms with E-state index in [1.807, 2.05) is 7.05 Å². The smallest absolute Gasteiger partial charge is 0.333 e. The Balaban J connectivity index is 1.32. The molecule has 1 aromatic heterocycles. The Kier molecular flexibility index (Phi) is 39.0. The summed E-state index contributed by atoms with van der Waals surface area (Å²) in [7, 11) is -0.394. The summed E-state index contributed by atoms with van der Waals surface area (Å²) in [5.41, 5.74) is 0.707. The first-order chi connectivity index (χ1) is 37.8. The number of nitrogens with zero attached hydrogens (tertiary/aromatic N) is 4. The second-order valence-electron chi connectivity index (χ2n) is 22.2. The van der Waals surface area contributed by atoms with Crippen molar-refractivity contribution in [3.63, 3.8) is 0 Å². The van der Waals surface area contributed by atoms with Gasteiger partial charge in [-0.15, -0.1) is 5.10 Å². The van der Waals surface area contributed by atoms with Crippen molar-refractivity contribution in [1.29, 1.82) is 0 Å². The van der Waals surface area contributed by atoms with Crippen LogP contribution >= 0.6 is 0 Å². The van der Waals surface area contributed by atoms with Crippen LogP contribution in [0.3, 0.4) is 0 Å². The van der Waals surface area contributed by atoms with E-state index in [1.54, 1.807) is 6.20 Å². The summed E-state index contributed by atoms with van der Waals surface area (Å²) in [6.45, 7) is 11.1. The van der Waals surface area contributed by atoms with Crippen LogP contribution in [-0.4, -0.2) is 165 Å². The summed E-state index contributed by atoms with van der Waals surface area (Å²) in [6, 6.07) is 0. The molecule has 0 spiro atoms. The third-order valence-electron chi connectivity index (χ3n) is 14.5. The number of aliphatic hydroxyl groups is 7. The first-order valence-corrected chi connectivity index (χ1v) is 33.4. The molecule has 0 bridgehead atoms. The lowest BCUT2D eigenvalue weighted by Crippen LogP contribution is -2.61. The summed E-state index contributed by atoms with van der Waals surface area (Å²) in [5, 5.41) is 80.1. The van der Waals surface area contributed by atoms with Gasteiger partial charge in [-0.3, -0.25) is 0 Å². The maximum Gasteiger partial charge on any atom is 0.333 e. The van der Waals surface area contributed by atoms with Crippen LogP contribution < -0.4 is 0 Å². The fraction of sp³-hybridized carbons (Fsp3) is 0.833. The van der Waals surface area contributed by atoms with Gasteiger partial charge in [0.05, 0.1) is 18.8 Å². The maximum atomic E-state index is 10.7. The van der Waals surface area contributed by atoms with Crippen LogP contribution in [0.15, 0.2) is 54.8 Å². The van der Waals surface area contributed by atoms with E-state index < -0.39 is 76.6 Å². The molecule has 3 rings (SSSR count). The predicted molar refractivity (Wildman–Crippen MR) is 309 cm³/mol. The van der Waals surface area contributed by atoms with Gasteiger partial charge in [-0.1, -0.05) is 151 Å². The maximum absolute atomic E-state index is 10.7. The van der Waals surface area contributed by atoms with Gasteiger partial charge in [-0.25, -0.2) is 4.68 Å². The number of hydrogen-bond donors (Lipinski definition) is 7. The summed E-state index contributed by atoms with van der Waals surface area (Å²) < 4.78 is 37.5. The zero-order valence-corrected chi connectivity index (χ0v) is 50.0. The second kappa shape index (κ2) is 43.4. The van der Waals surface area contributed by atoms with Gasteiger partial charge in [-0.2, -0.15) is 0 Å². The first kappa shape index (κ1) is 70.0. The summed E-state index contributed by atoms with van der Waals surface area (Å²) in [4.78, 5) is 2.17. The number of aromatic nitrogens is 3. The molecule has 18 heteroatoms. The lowest BCUT2D eigenvalue weighted by molar-refractivity contribution is -0.325. The Morgan fingerprint density at radius 3 is 1.71 bits per heavy atom. The zero-order chi connectivity index (χ0) is 56.6. The standard InChI is InChI=1S/C60H110N4O13Si/c1-6-8-10-12-14-16-18-20-22-24-26-28-30-32-35-39-43-72-52(41-37-33-31-29-27-25-23-21-19-17-15-13-11-9-7-2)77-78(4,5)74-44-40-36-34-38-42-63(3)45-49-46-64(62-61-49)47-50-53(65)56(68)58(70)60(76-50)73-48-51-54(66)55(67)57(69)59(71)75-51/h14-17,20-23,46,50-60,65-71H,6-13,18-19,24-45,47-48H2,1-5H3/b16-14-,17-15-,22-20-,23-21-. The van der Waals surface area contributed by atoms with E-state index in [1.165, 1.54) is 120 Å². The Morgan fingerprint density at radius 2 is 1.10 bits per heavy atom. The van der Waals surface area contributed by atoms with Crippen LogP contribution in [0.5, 0.6) is 0 Å². The number of aliphatic hydroxyl groups excluding tert-OH is 7. The monoisotopic (exact) mass is 1120 g/mol. The molecule has 0 amide bonds. The van der Waals surface area contributed by atoms with Crippen molar-refractivity contribution in [3.05, 3.63) is 60.5 Å². The second-order valence-corrected chi connectivity index (χ2v) is 25.6. The molecule has 3 heterocycles. The molecule has 11 unspecified atom stereocenters. The molecule has 0 aliphatic carbocycles. The van der Waals surface area contributed by atoms with Crippen LogP contribution in [0.1, 0.15) is 199 Å². The molecule has 11 atom stereocenters. The Labute approximate surface area is 471 Å². The molecule has 452 valence electrons. The van der Waals surface area contributed by atoms with E-state index in [2.05, 4.69) is 90.8 Å². The minimum Gasteiger partial charge on any atom is -0.394 e. The van der Waals surface area contributed by atoms with Gasteiger partial charge < -0.3 is 68.4 Å². The molecule has 2 saturated heterocycles. The summed E-state index contributed by atoms with van der Waals surface area (Å²) in [6.07, 6.45) is 37.8. The van der Waals surface area contributed by atoms with Gasteiger partial charge in [0.1, 0.15) is 55.1 Å². The predicted octanol–water partition coefficient (Wildman–Crippen LogP) is 9.60. The molecule has 2 aliphatic heterocycles. The van der Waals surface area contributed by atoms with Crippen molar-refractivity contribution in [2.45, 2.75) is 288 Å². The number of allylic oxidation sites excluding steroid dienone is 8. The zero-order valence-electron chi connectivity index (χ0n) is 49.0.